The monoisotopic (exact) mass is 284 g/mol. The summed E-state index contributed by atoms with van der Waals surface area (Å²) >= 11 is 0. The van der Waals surface area contributed by atoms with Gasteiger partial charge in [-0.05, 0) is 37.5 Å². The van der Waals surface area contributed by atoms with Gasteiger partial charge in [0.2, 0.25) is 5.91 Å². The summed E-state index contributed by atoms with van der Waals surface area (Å²) in [6.07, 6.45) is 3.85. The largest absolute Gasteiger partial charge is 0.467 e. The molecule has 2 atom stereocenters. The molecule has 1 heterocycles. The molecule has 0 radical (unpaired) electrons. The quantitative estimate of drug-likeness (QED) is 0.857. The van der Waals surface area contributed by atoms with Crippen molar-refractivity contribution in [2.45, 2.75) is 37.9 Å². The van der Waals surface area contributed by atoms with E-state index in [0.29, 0.717) is 6.04 Å². The standard InChI is InChI=1S/C17H20N2O2/c1-12(17(20)19-14-9-10-14)18-16(15-8-5-11-21-15)13-6-3-2-4-7-13/h2-8,11-12,14,16,18H,9-10H2,1H3,(H,19,20)/t12-,16+/m1/s1. The van der Waals surface area contributed by atoms with E-state index in [4.69, 9.17) is 4.42 Å². The molecule has 1 fully saturated rings. The van der Waals surface area contributed by atoms with Crippen LogP contribution in [0, 0.1) is 0 Å². The number of carbonyl (C=O) groups excluding carboxylic acids is 1. The lowest BCUT2D eigenvalue weighted by Crippen LogP contribution is -2.44. The Morgan fingerprint density at radius 3 is 2.57 bits per heavy atom. The minimum Gasteiger partial charge on any atom is -0.467 e. The summed E-state index contributed by atoms with van der Waals surface area (Å²) in [5.74, 6) is 0.859. The average molecular weight is 284 g/mol. The van der Waals surface area contributed by atoms with Crippen molar-refractivity contribution in [1.29, 1.82) is 0 Å². The topological polar surface area (TPSA) is 54.3 Å². The summed E-state index contributed by atoms with van der Waals surface area (Å²) in [6, 6.07) is 13.8. The van der Waals surface area contributed by atoms with Gasteiger partial charge in [-0.3, -0.25) is 10.1 Å². The van der Waals surface area contributed by atoms with Crippen LogP contribution in [0.2, 0.25) is 0 Å². The van der Waals surface area contributed by atoms with E-state index in [1.165, 1.54) is 0 Å². The Hall–Kier alpha value is -2.07. The molecule has 1 aliphatic carbocycles. The highest BCUT2D eigenvalue weighted by atomic mass is 16.3. The molecule has 0 bridgehead atoms. The summed E-state index contributed by atoms with van der Waals surface area (Å²) in [4.78, 5) is 12.1. The number of rotatable bonds is 6. The van der Waals surface area contributed by atoms with Gasteiger partial charge in [-0.25, -0.2) is 0 Å². The number of furan rings is 1. The van der Waals surface area contributed by atoms with Crippen LogP contribution in [0.15, 0.2) is 53.1 Å². The van der Waals surface area contributed by atoms with Crippen molar-refractivity contribution >= 4 is 5.91 Å². The van der Waals surface area contributed by atoms with Gasteiger partial charge in [0.15, 0.2) is 0 Å². The number of hydrogen-bond acceptors (Lipinski definition) is 3. The highest BCUT2D eigenvalue weighted by Crippen LogP contribution is 2.23. The number of benzene rings is 1. The first-order valence-corrected chi connectivity index (χ1v) is 7.39. The highest BCUT2D eigenvalue weighted by Gasteiger charge is 2.27. The fourth-order valence-corrected chi connectivity index (χ4v) is 2.32. The van der Waals surface area contributed by atoms with Gasteiger partial charge in [-0.15, -0.1) is 0 Å². The first-order valence-electron chi connectivity index (χ1n) is 7.39. The third kappa shape index (κ3) is 3.52. The van der Waals surface area contributed by atoms with Crippen LogP contribution in [0.4, 0.5) is 0 Å². The van der Waals surface area contributed by atoms with Crippen LogP contribution in [0.5, 0.6) is 0 Å². The Labute approximate surface area is 124 Å². The van der Waals surface area contributed by atoms with Crippen LogP contribution in [0.25, 0.3) is 0 Å². The van der Waals surface area contributed by atoms with Crippen LogP contribution in [-0.2, 0) is 4.79 Å². The maximum Gasteiger partial charge on any atom is 0.237 e. The summed E-state index contributed by atoms with van der Waals surface area (Å²) in [6.45, 7) is 1.89. The van der Waals surface area contributed by atoms with Gasteiger partial charge in [-0.2, -0.15) is 0 Å². The van der Waals surface area contributed by atoms with Crippen molar-refractivity contribution in [2.24, 2.45) is 0 Å². The molecule has 0 saturated heterocycles. The van der Waals surface area contributed by atoms with E-state index in [1.54, 1.807) is 6.26 Å². The second kappa shape index (κ2) is 6.14. The molecule has 21 heavy (non-hydrogen) atoms. The van der Waals surface area contributed by atoms with Gasteiger partial charge in [0, 0.05) is 6.04 Å². The normalized spacial score (nSPS) is 17.2. The molecule has 1 aromatic carbocycles. The minimum absolute atomic E-state index is 0.0463. The van der Waals surface area contributed by atoms with Gasteiger partial charge in [0.25, 0.3) is 0 Å². The van der Waals surface area contributed by atoms with Gasteiger partial charge in [0.1, 0.15) is 5.76 Å². The second-order valence-electron chi connectivity index (χ2n) is 5.53. The molecule has 1 aliphatic rings. The van der Waals surface area contributed by atoms with Crippen molar-refractivity contribution in [3.8, 4) is 0 Å². The minimum atomic E-state index is -0.277. The van der Waals surface area contributed by atoms with Crippen molar-refractivity contribution in [3.05, 3.63) is 60.1 Å². The van der Waals surface area contributed by atoms with Gasteiger partial charge < -0.3 is 9.73 Å². The number of hydrogen-bond donors (Lipinski definition) is 2. The molecular weight excluding hydrogens is 264 g/mol. The number of carbonyl (C=O) groups is 1. The molecule has 110 valence electrons. The zero-order valence-corrected chi connectivity index (χ0v) is 12.1. The molecule has 2 N–H and O–H groups in total. The third-order valence-electron chi connectivity index (χ3n) is 3.69. The van der Waals surface area contributed by atoms with Gasteiger partial charge >= 0.3 is 0 Å². The maximum absolute atomic E-state index is 12.1. The molecule has 0 unspecified atom stereocenters. The molecule has 2 aromatic rings. The Kier molecular flexibility index (Phi) is 4.06. The molecular formula is C17H20N2O2. The fraction of sp³-hybridized carbons (Fsp3) is 0.353. The second-order valence-corrected chi connectivity index (χ2v) is 5.53. The van der Waals surface area contributed by atoms with Gasteiger partial charge in [0.05, 0.1) is 18.3 Å². The number of nitrogens with one attached hydrogen (secondary N) is 2. The van der Waals surface area contributed by atoms with Crippen molar-refractivity contribution in [3.63, 3.8) is 0 Å². The van der Waals surface area contributed by atoms with Gasteiger partial charge in [-0.1, -0.05) is 30.3 Å². The highest BCUT2D eigenvalue weighted by molar-refractivity contribution is 5.82. The Morgan fingerprint density at radius 1 is 1.19 bits per heavy atom. The zero-order chi connectivity index (χ0) is 14.7. The SMILES string of the molecule is C[C@@H](N[C@@H](c1ccccc1)c1ccco1)C(=O)NC1CC1. The summed E-state index contributed by atoms with van der Waals surface area (Å²) in [7, 11) is 0. The van der Waals surface area contributed by atoms with Crippen LogP contribution >= 0.6 is 0 Å². The van der Waals surface area contributed by atoms with Crippen molar-refractivity contribution in [1.82, 2.24) is 10.6 Å². The molecule has 3 rings (SSSR count). The first-order chi connectivity index (χ1) is 10.2. The molecule has 4 heteroatoms. The Bertz CT molecular complexity index is 576. The maximum atomic E-state index is 12.1. The molecule has 0 spiro atoms. The van der Waals surface area contributed by atoms with Crippen LogP contribution in [0.3, 0.4) is 0 Å². The Balaban J connectivity index is 1.74. The molecule has 4 nitrogen and oxygen atoms in total. The lowest BCUT2D eigenvalue weighted by molar-refractivity contribution is -0.123. The smallest absolute Gasteiger partial charge is 0.237 e. The van der Waals surface area contributed by atoms with Crippen LogP contribution in [-0.4, -0.2) is 18.0 Å². The average Bonchev–Trinajstić information content (AvgIpc) is 3.16. The lowest BCUT2D eigenvalue weighted by atomic mass is 10.0. The van der Waals surface area contributed by atoms with E-state index in [1.807, 2.05) is 49.4 Å². The summed E-state index contributed by atoms with van der Waals surface area (Å²) in [5.41, 5.74) is 1.08. The van der Waals surface area contributed by atoms with E-state index in [-0.39, 0.29) is 18.0 Å². The molecule has 1 amide bonds. The summed E-state index contributed by atoms with van der Waals surface area (Å²) < 4.78 is 5.53. The predicted octanol–water partition coefficient (Wildman–Crippen LogP) is 2.63. The number of amides is 1. The Morgan fingerprint density at radius 2 is 1.95 bits per heavy atom. The molecule has 0 aliphatic heterocycles. The fourth-order valence-electron chi connectivity index (χ4n) is 2.32. The first kappa shape index (κ1) is 13.9. The van der Waals surface area contributed by atoms with Crippen molar-refractivity contribution < 1.29 is 9.21 Å². The van der Waals surface area contributed by atoms with E-state index >= 15 is 0 Å². The zero-order valence-electron chi connectivity index (χ0n) is 12.1. The van der Waals surface area contributed by atoms with E-state index in [9.17, 15) is 4.79 Å². The third-order valence-corrected chi connectivity index (χ3v) is 3.69. The lowest BCUT2D eigenvalue weighted by Gasteiger charge is -2.22. The van der Waals surface area contributed by atoms with E-state index in [0.717, 1.165) is 24.2 Å². The van der Waals surface area contributed by atoms with Crippen molar-refractivity contribution in [2.75, 3.05) is 0 Å². The van der Waals surface area contributed by atoms with E-state index < -0.39 is 0 Å². The predicted molar refractivity (Wildman–Crippen MR) is 80.8 cm³/mol. The summed E-state index contributed by atoms with van der Waals surface area (Å²) in [5, 5.41) is 6.39. The molecule has 1 aromatic heterocycles. The van der Waals surface area contributed by atoms with E-state index in [2.05, 4.69) is 10.6 Å². The van der Waals surface area contributed by atoms with Crippen LogP contribution < -0.4 is 10.6 Å². The van der Waals surface area contributed by atoms with Crippen LogP contribution in [0.1, 0.15) is 37.1 Å². The molecule has 1 saturated carbocycles.